The highest BCUT2D eigenvalue weighted by molar-refractivity contribution is 7.09. The molecule has 1 aromatic heterocycles. The van der Waals surface area contributed by atoms with Gasteiger partial charge in [-0.05, 0) is 49.4 Å². The molecule has 31 heavy (non-hydrogen) atoms. The lowest BCUT2D eigenvalue weighted by atomic mass is 10.0. The van der Waals surface area contributed by atoms with Crippen molar-refractivity contribution in [1.82, 2.24) is 15.1 Å². The predicted octanol–water partition coefficient (Wildman–Crippen LogP) is 2.49. The maximum Gasteiger partial charge on any atom is 0.239 e. The van der Waals surface area contributed by atoms with E-state index in [1.807, 2.05) is 23.1 Å². The van der Waals surface area contributed by atoms with Gasteiger partial charge in [-0.2, -0.15) is 0 Å². The molecular weight excluding hydrogens is 408 g/mol. The van der Waals surface area contributed by atoms with Crippen LogP contribution in [0.25, 0.3) is 0 Å². The first-order chi connectivity index (χ1) is 15.1. The lowest BCUT2D eigenvalue weighted by molar-refractivity contribution is -0.126. The standard InChI is InChI=1S/C24H30N4O2S/c1-26-18(8-9-22(29)28-13-10-17-5-2-3-7-20(17)28)15-25-24(30)23-21(26)11-12-27(23)16-19-6-4-14-31-19/h2-7,14,18,21,23H,8-13,15-16H2,1H3,(H,25,30)/t18-,21-,23-/m0/s1. The van der Waals surface area contributed by atoms with Crippen molar-refractivity contribution in [2.75, 3.05) is 31.6 Å². The zero-order valence-corrected chi connectivity index (χ0v) is 18.8. The normalized spacial score (nSPS) is 26.4. The molecule has 164 valence electrons. The van der Waals surface area contributed by atoms with Crippen molar-refractivity contribution in [1.29, 1.82) is 0 Å². The Morgan fingerprint density at radius 1 is 1.19 bits per heavy atom. The molecule has 4 heterocycles. The third-order valence-corrected chi connectivity index (χ3v) is 8.03. The average molecular weight is 439 g/mol. The highest BCUT2D eigenvalue weighted by atomic mass is 32.1. The van der Waals surface area contributed by atoms with Gasteiger partial charge in [0.05, 0.1) is 0 Å². The molecule has 0 spiro atoms. The monoisotopic (exact) mass is 438 g/mol. The average Bonchev–Trinajstić information content (AvgIpc) is 3.51. The second-order valence-electron chi connectivity index (χ2n) is 8.88. The minimum absolute atomic E-state index is 0.113. The van der Waals surface area contributed by atoms with Crippen molar-refractivity contribution in [2.24, 2.45) is 0 Å². The number of anilines is 1. The number of hydrogen-bond donors (Lipinski definition) is 1. The Morgan fingerprint density at radius 3 is 2.90 bits per heavy atom. The van der Waals surface area contributed by atoms with Gasteiger partial charge in [0.15, 0.2) is 0 Å². The zero-order chi connectivity index (χ0) is 21.4. The summed E-state index contributed by atoms with van der Waals surface area (Å²) in [6, 6.07) is 12.7. The van der Waals surface area contributed by atoms with Gasteiger partial charge in [-0.25, -0.2) is 0 Å². The maximum atomic E-state index is 13.0. The van der Waals surface area contributed by atoms with Crippen LogP contribution in [-0.2, 0) is 22.6 Å². The smallest absolute Gasteiger partial charge is 0.239 e. The number of benzene rings is 1. The Balaban J connectivity index is 1.23. The molecule has 7 heteroatoms. The number of nitrogens with one attached hydrogen (secondary N) is 1. The molecule has 1 N–H and O–H groups in total. The van der Waals surface area contributed by atoms with Crippen molar-refractivity contribution < 1.29 is 9.59 Å². The Morgan fingerprint density at radius 2 is 2.06 bits per heavy atom. The van der Waals surface area contributed by atoms with E-state index in [0.29, 0.717) is 13.0 Å². The molecule has 0 bridgehead atoms. The lowest BCUT2D eigenvalue weighted by Gasteiger charge is -2.33. The maximum absolute atomic E-state index is 13.0. The molecule has 0 radical (unpaired) electrons. The second kappa shape index (κ2) is 8.73. The highest BCUT2D eigenvalue weighted by Crippen LogP contribution is 2.31. The van der Waals surface area contributed by atoms with Crippen LogP contribution in [0.1, 0.15) is 29.7 Å². The number of para-hydroxylation sites is 1. The molecule has 0 saturated carbocycles. The van der Waals surface area contributed by atoms with Gasteiger partial charge in [0, 0.05) is 55.2 Å². The topological polar surface area (TPSA) is 55.9 Å². The van der Waals surface area contributed by atoms with Crippen LogP contribution in [0.2, 0.25) is 0 Å². The van der Waals surface area contributed by atoms with Crippen LogP contribution in [0.4, 0.5) is 5.69 Å². The number of fused-ring (bicyclic) bond motifs is 2. The SMILES string of the molecule is CN1[C@@H](CCC(=O)N2CCc3ccccc32)CNC(=O)[C@@H]2[C@@H]1CCN2Cc1cccs1. The van der Waals surface area contributed by atoms with E-state index in [0.717, 1.165) is 44.6 Å². The molecule has 0 unspecified atom stereocenters. The fraction of sp³-hybridized carbons (Fsp3) is 0.500. The van der Waals surface area contributed by atoms with Crippen molar-refractivity contribution in [3.8, 4) is 0 Å². The van der Waals surface area contributed by atoms with Crippen LogP contribution in [0, 0.1) is 0 Å². The summed E-state index contributed by atoms with van der Waals surface area (Å²) < 4.78 is 0. The van der Waals surface area contributed by atoms with Crippen LogP contribution < -0.4 is 10.2 Å². The zero-order valence-electron chi connectivity index (χ0n) is 18.0. The van der Waals surface area contributed by atoms with Crippen molar-refractivity contribution in [2.45, 2.75) is 50.4 Å². The molecule has 6 nitrogen and oxygen atoms in total. The van der Waals surface area contributed by atoms with Crippen LogP contribution in [-0.4, -0.2) is 66.4 Å². The molecule has 3 atom stereocenters. The fourth-order valence-corrected chi connectivity index (χ4v) is 6.18. The van der Waals surface area contributed by atoms with Crippen LogP contribution in [0.3, 0.4) is 0 Å². The second-order valence-corrected chi connectivity index (χ2v) is 9.91. The molecule has 1 aromatic carbocycles. The van der Waals surface area contributed by atoms with E-state index in [9.17, 15) is 9.59 Å². The molecule has 2 saturated heterocycles. The van der Waals surface area contributed by atoms with Gasteiger partial charge in [0.25, 0.3) is 0 Å². The molecule has 3 aliphatic heterocycles. The summed E-state index contributed by atoms with van der Waals surface area (Å²) in [6.07, 6.45) is 3.20. The van der Waals surface area contributed by atoms with E-state index in [1.165, 1.54) is 10.4 Å². The molecule has 5 rings (SSSR count). The number of rotatable bonds is 5. The van der Waals surface area contributed by atoms with E-state index in [2.05, 4.69) is 45.7 Å². The van der Waals surface area contributed by atoms with Crippen molar-refractivity contribution in [3.63, 3.8) is 0 Å². The van der Waals surface area contributed by atoms with Crippen LogP contribution in [0.15, 0.2) is 41.8 Å². The highest BCUT2D eigenvalue weighted by Gasteiger charge is 2.45. The first-order valence-electron chi connectivity index (χ1n) is 11.3. The number of likely N-dealkylation sites (N-methyl/N-ethyl adjacent to an activating group) is 1. The summed E-state index contributed by atoms with van der Waals surface area (Å²) in [5.41, 5.74) is 2.32. The van der Waals surface area contributed by atoms with Gasteiger partial charge >= 0.3 is 0 Å². The minimum Gasteiger partial charge on any atom is -0.353 e. The molecule has 2 aromatic rings. The van der Waals surface area contributed by atoms with E-state index in [-0.39, 0.29) is 29.9 Å². The van der Waals surface area contributed by atoms with E-state index >= 15 is 0 Å². The van der Waals surface area contributed by atoms with E-state index < -0.39 is 0 Å². The third-order valence-electron chi connectivity index (χ3n) is 7.17. The Kier molecular flexibility index (Phi) is 5.82. The Hall–Kier alpha value is -2.22. The quantitative estimate of drug-likeness (QED) is 0.779. The largest absolute Gasteiger partial charge is 0.353 e. The van der Waals surface area contributed by atoms with Crippen LogP contribution in [0.5, 0.6) is 0 Å². The molecule has 0 aliphatic carbocycles. The van der Waals surface area contributed by atoms with Crippen molar-refractivity contribution >= 4 is 28.8 Å². The van der Waals surface area contributed by atoms with Crippen molar-refractivity contribution in [3.05, 3.63) is 52.2 Å². The summed E-state index contributed by atoms with van der Waals surface area (Å²) >= 11 is 1.75. The van der Waals surface area contributed by atoms with Gasteiger partial charge < -0.3 is 10.2 Å². The van der Waals surface area contributed by atoms with Gasteiger partial charge in [0.1, 0.15) is 6.04 Å². The number of likely N-dealkylation sites (tertiary alicyclic amines) is 1. The first-order valence-corrected chi connectivity index (χ1v) is 12.1. The Bertz CT molecular complexity index is 947. The lowest BCUT2D eigenvalue weighted by Crippen LogP contribution is -2.49. The van der Waals surface area contributed by atoms with E-state index in [1.54, 1.807) is 11.3 Å². The summed E-state index contributed by atoms with van der Waals surface area (Å²) in [5.74, 6) is 0.324. The Labute approximate surface area is 187 Å². The fourth-order valence-electron chi connectivity index (χ4n) is 5.45. The summed E-state index contributed by atoms with van der Waals surface area (Å²) in [6.45, 7) is 3.15. The summed E-state index contributed by atoms with van der Waals surface area (Å²) in [4.78, 5) is 33.9. The summed E-state index contributed by atoms with van der Waals surface area (Å²) in [7, 11) is 2.13. The number of carbonyl (C=O) groups is 2. The molecule has 3 aliphatic rings. The first kappa shape index (κ1) is 20.7. The van der Waals surface area contributed by atoms with Gasteiger partial charge in [-0.15, -0.1) is 11.3 Å². The van der Waals surface area contributed by atoms with E-state index in [4.69, 9.17) is 0 Å². The molecule has 2 amide bonds. The molecular formula is C24H30N4O2S. The number of amides is 2. The number of hydrogen-bond acceptors (Lipinski definition) is 5. The van der Waals surface area contributed by atoms with Gasteiger partial charge in [0.2, 0.25) is 11.8 Å². The number of thiophene rings is 1. The number of nitrogens with zero attached hydrogens (tertiary/aromatic N) is 3. The minimum atomic E-state index is -0.113. The number of carbonyl (C=O) groups excluding carboxylic acids is 2. The third kappa shape index (κ3) is 4.02. The predicted molar refractivity (Wildman–Crippen MR) is 123 cm³/mol. The molecule has 2 fully saturated rings. The van der Waals surface area contributed by atoms with Gasteiger partial charge in [-0.1, -0.05) is 24.3 Å². The van der Waals surface area contributed by atoms with Gasteiger partial charge in [-0.3, -0.25) is 19.4 Å². The summed E-state index contributed by atoms with van der Waals surface area (Å²) in [5, 5.41) is 5.26. The van der Waals surface area contributed by atoms with Crippen LogP contribution >= 0.6 is 11.3 Å².